The molecule has 0 saturated carbocycles. The van der Waals surface area contributed by atoms with Crippen molar-refractivity contribution in [3.8, 4) is 11.6 Å². The molecule has 0 unspecified atom stereocenters. The molecule has 0 aliphatic rings. The summed E-state index contributed by atoms with van der Waals surface area (Å²) in [7, 11) is 0. The number of carbonyl (C=O) groups excluding carboxylic acids is 1. The molecule has 1 amide bonds. The van der Waals surface area contributed by atoms with Gasteiger partial charge in [0.2, 0.25) is 11.7 Å². The van der Waals surface area contributed by atoms with E-state index in [-0.39, 0.29) is 19.1 Å². The molecule has 8 heteroatoms. The summed E-state index contributed by atoms with van der Waals surface area (Å²) in [5.41, 5.74) is 0. The SMILES string of the molecule is O=C(Cn1nnc(-c2ccco2)n1)NCCCCCO. The van der Waals surface area contributed by atoms with Crippen LogP contribution in [-0.4, -0.2) is 44.4 Å². The van der Waals surface area contributed by atoms with E-state index in [1.807, 2.05) is 0 Å². The highest BCUT2D eigenvalue weighted by Gasteiger charge is 2.10. The lowest BCUT2D eigenvalue weighted by atomic mass is 10.2. The molecule has 0 saturated heterocycles. The maximum Gasteiger partial charge on any atom is 0.243 e. The third kappa shape index (κ3) is 4.16. The number of aliphatic hydroxyl groups is 1. The Morgan fingerprint density at radius 3 is 3.05 bits per heavy atom. The Morgan fingerprint density at radius 2 is 2.30 bits per heavy atom. The number of tetrazole rings is 1. The maximum absolute atomic E-state index is 11.6. The number of rotatable bonds is 8. The number of furan rings is 1. The van der Waals surface area contributed by atoms with Crippen LogP contribution in [0.3, 0.4) is 0 Å². The molecule has 0 bridgehead atoms. The zero-order valence-corrected chi connectivity index (χ0v) is 11.0. The molecule has 0 aliphatic heterocycles. The molecular weight excluding hydrogens is 262 g/mol. The molecule has 2 rings (SSSR count). The summed E-state index contributed by atoms with van der Waals surface area (Å²) in [5, 5.41) is 23.1. The minimum absolute atomic E-state index is 0.0215. The van der Waals surface area contributed by atoms with Crippen molar-refractivity contribution in [1.82, 2.24) is 25.5 Å². The largest absolute Gasteiger partial charge is 0.461 e. The van der Waals surface area contributed by atoms with Crippen LogP contribution in [0.25, 0.3) is 11.6 Å². The first-order valence-corrected chi connectivity index (χ1v) is 6.49. The van der Waals surface area contributed by atoms with Crippen LogP contribution in [0.1, 0.15) is 19.3 Å². The zero-order valence-electron chi connectivity index (χ0n) is 11.0. The van der Waals surface area contributed by atoms with Crippen LogP contribution >= 0.6 is 0 Å². The minimum Gasteiger partial charge on any atom is -0.461 e. The van der Waals surface area contributed by atoms with Gasteiger partial charge in [-0.05, 0) is 36.6 Å². The normalized spacial score (nSPS) is 10.7. The molecule has 0 aromatic carbocycles. The second kappa shape index (κ2) is 7.39. The summed E-state index contributed by atoms with van der Waals surface area (Å²) < 4.78 is 5.14. The predicted octanol–water partition coefficient (Wildman–Crippen LogP) is 0.212. The van der Waals surface area contributed by atoms with Gasteiger partial charge < -0.3 is 14.8 Å². The number of amides is 1. The molecule has 2 aromatic rings. The molecule has 2 aromatic heterocycles. The van der Waals surface area contributed by atoms with Gasteiger partial charge in [-0.1, -0.05) is 0 Å². The second-order valence-corrected chi connectivity index (χ2v) is 4.25. The Kier molecular flexibility index (Phi) is 5.24. The van der Waals surface area contributed by atoms with Crippen LogP contribution in [0, 0.1) is 0 Å². The fraction of sp³-hybridized carbons (Fsp3) is 0.500. The quantitative estimate of drug-likeness (QED) is 0.669. The highest BCUT2D eigenvalue weighted by Crippen LogP contribution is 2.12. The molecule has 0 spiro atoms. The van der Waals surface area contributed by atoms with Gasteiger partial charge in [0.15, 0.2) is 5.76 Å². The minimum atomic E-state index is -0.169. The van der Waals surface area contributed by atoms with Gasteiger partial charge in [0.1, 0.15) is 6.54 Å². The lowest BCUT2D eigenvalue weighted by Gasteiger charge is -2.03. The van der Waals surface area contributed by atoms with Gasteiger partial charge in [0, 0.05) is 13.2 Å². The van der Waals surface area contributed by atoms with Crippen molar-refractivity contribution in [1.29, 1.82) is 0 Å². The number of hydrogen-bond donors (Lipinski definition) is 2. The molecule has 2 heterocycles. The van der Waals surface area contributed by atoms with E-state index in [1.165, 1.54) is 11.1 Å². The van der Waals surface area contributed by atoms with Gasteiger partial charge in [-0.25, -0.2) is 0 Å². The molecule has 20 heavy (non-hydrogen) atoms. The van der Waals surface area contributed by atoms with E-state index in [0.717, 1.165) is 19.3 Å². The van der Waals surface area contributed by atoms with Crippen molar-refractivity contribution in [2.24, 2.45) is 0 Å². The van der Waals surface area contributed by atoms with Crippen molar-refractivity contribution in [3.63, 3.8) is 0 Å². The third-order valence-corrected chi connectivity index (χ3v) is 2.64. The summed E-state index contributed by atoms with van der Waals surface area (Å²) >= 11 is 0. The first-order chi connectivity index (χ1) is 9.79. The lowest BCUT2D eigenvalue weighted by molar-refractivity contribution is -0.122. The highest BCUT2D eigenvalue weighted by atomic mass is 16.3. The van der Waals surface area contributed by atoms with Crippen LogP contribution < -0.4 is 5.32 Å². The third-order valence-electron chi connectivity index (χ3n) is 2.64. The molecule has 0 aliphatic carbocycles. The van der Waals surface area contributed by atoms with E-state index in [9.17, 15) is 4.79 Å². The van der Waals surface area contributed by atoms with Gasteiger partial charge in [0.05, 0.1) is 6.26 Å². The van der Waals surface area contributed by atoms with Crippen LogP contribution in [0.5, 0.6) is 0 Å². The number of nitrogens with zero attached hydrogens (tertiary/aromatic N) is 4. The molecule has 8 nitrogen and oxygen atoms in total. The monoisotopic (exact) mass is 279 g/mol. The van der Waals surface area contributed by atoms with Gasteiger partial charge >= 0.3 is 0 Å². The number of hydrogen-bond acceptors (Lipinski definition) is 6. The lowest BCUT2D eigenvalue weighted by Crippen LogP contribution is -2.29. The summed E-state index contributed by atoms with van der Waals surface area (Å²) in [6, 6.07) is 3.46. The maximum atomic E-state index is 11.6. The number of aromatic nitrogens is 4. The van der Waals surface area contributed by atoms with Crippen LogP contribution in [0.4, 0.5) is 0 Å². The molecule has 2 N–H and O–H groups in total. The molecule has 108 valence electrons. The standard InChI is InChI=1S/C12H17N5O3/c18-7-3-1-2-6-13-11(19)9-17-15-12(14-16-17)10-5-4-8-20-10/h4-5,8,18H,1-3,6-7,9H2,(H,13,19). The predicted molar refractivity (Wildman–Crippen MR) is 69.5 cm³/mol. The topological polar surface area (TPSA) is 106 Å². The summed E-state index contributed by atoms with van der Waals surface area (Å²) in [5.74, 6) is 0.698. The van der Waals surface area contributed by atoms with Gasteiger partial charge in [-0.2, -0.15) is 4.80 Å². The Morgan fingerprint density at radius 1 is 1.40 bits per heavy atom. The smallest absolute Gasteiger partial charge is 0.243 e. The molecule has 0 radical (unpaired) electrons. The van der Waals surface area contributed by atoms with Gasteiger partial charge in [0.25, 0.3) is 0 Å². The Bertz CT molecular complexity index is 523. The van der Waals surface area contributed by atoms with E-state index in [2.05, 4.69) is 20.7 Å². The fourth-order valence-corrected chi connectivity index (χ4v) is 1.64. The average molecular weight is 279 g/mol. The number of carbonyl (C=O) groups is 1. The first kappa shape index (κ1) is 14.2. The van der Waals surface area contributed by atoms with E-state index in [4.69, 9.17) is 9.52 Å². The van der Waals surface area contributed by atoms with Crippen molar-refractivity contribution >= 4 is 5.91 Å². The summed E-state index contributed by atoms with van der Waals surface area (Å²) in [6.07, 6.45) is 4.01. The summed E-state index contributed by atoms with van der Waals surface area (Å²) in [6.45, 7) is 0.790. The molecule has 0 atom stereocenters. The number of aliphatic hydroxyl groups excluding tert-OH is 1. The van der Waals surface area contributed by atoms with Crippen LogP contribution in [0.15, 0.2) is 22.8 Å². The van der Waals surface area contributed by atoms with E-state index in [1.54, 1.807) is 12.1 Å². The Labute approximate surface area is 115 Å². The Hall–Kier alpha value is -2.22. The van der Waals surface area contributed by atoms with Crippen molar-refractivity contribution < 1.29 is 14.3 Å². The zero-order chi connectivity index (χ0) is 14.2. The summed E-state index contributed by atoms with van der Waals surface area (Å²) in [4.78, 5) is 12.9. The highest BCUT2D eigenvalue weighted by molar-refractivity contribution is 5.75. The van der Waals surface area contributed by atoms with Crippen molar-refractivity contribution in [2.45, 2.75) is 25.8 Å². The van der Waals surface area contributed by atoms with Crippen molar-refractivity contribution in [2.75, 3.05) is 13.2 Å². The fourth-order valence-electron chi connectivity index (χ4n) is 1.64. The molecular formula is C12H17N5O3. The van der Waals surface area contributed by atoms with Gasteiger partial charge in [-0.3, -0.25) is 4.79 Å². The van der Waals surface area contributed by atoms with Crippen LogP contribution in [-0.2, 0) is 11.3 Å². The first-order valence-electron chi connectivity index (χ1n) is 6.49. The molecule has 0 fully saturated rings. The van der Waals surface area contributed by atoms with E-state index in [0.29, 0.717) is 18.1 Å². The van der Waals surface area contributed by atoms with E-state index < -0.39 is 0 Å². The number of nitrogens with one attached hydrogen (secondary N) is 1. The second-order valence-electron chi connectivity index (χ2n) is 4.25. The van der Waals surface area contributed by atoms with Gasteiger partial charge in [-0.15, -0.1) is 10.2 Å². The Balaban J connectivity index is 1.74. The number of unbranched alkanes of at least 4 members (excludes halogenated alkanes) is 2. The van der Waals surface area contributed by atoms with E-state index >= 15 is 0 Å². The van der Waals surface area contributed by atoms with Crippen LogP contribution in [0.2, 0.25) is 0 Å². The average Bonchev–Trinajstić information content (AvgIpc) is 3.08. The van der Waals surface area contributed by atoms with Crippen molar-refractivity contribution in [3.05, 3.63) is 18.4 Å².